The maximum absolute atomic E-state index is 5.90. The fraction of sp³-hybridized carbons (Fsp3) is 1.00. The van der Waals surface area contributed by atoms with Gasteiger partial charge in [-0.3, -0.25) is 0 Å². The molecule has 0 heterocycles. The smallest absolute Gasteiger partial charge is 0.0241 e. The summed E-state index contributed by atoms with van der Waals surface area (Å²) >= 11 is 0. The molecule has 0 spiro atoms. The predicted molar refractivity (Wildman–Crippen MR) is 66.9 cm³/mol. The summed E-state index contributed by atoms with van der Waals surface area (Å²) in [5.74, 6) is 1.70. The first-order valence-corrected chi connectivity index (χ1v) is 6.59. The molecule has 0 aromatic heterocycles. The van der Waals surface area contributed by atoms with Gasteiger partial charge < -0.3 is 10.6 Å². The van der Waals surface area contributed by atoms with Crippen LogP contribution in [0.5, 0.6) is 0 Å². The average molecular weight is 212 g/mol. The highest BCUT2D eigenvalue weighted by atomic mass is 15.1. The first-order chi connectivity index (χ1) is 7.19. The van der Waals surface area contributed by atoms with E-state index in [0.717, 1.165) is 18.4 Å². The molecule has 2 N–H and O–H groups in total. The summed E-state index contributed by atoms with van der Waals surface area (Å²) in [7, 11) is 2.25. The molecule has 1 aliphatic carbocycles. The van der Waals surface area contributed by atoms with Gasteiger partial charge in [-0.05, 0) is 38.1 Å². The highest BCUT2D eigenvalue weighted by Crippen LogP contribution is 2.28. The standard InChI is InChI=1S/C13H28N2/c1-4-6-11(2)13(9-14)15(3)10-12-7-5-8-12/h11-13H,4-10,14H2,1-3H3. The fourth-order valence-corrected chi connectivity index (χ4v) is 2.71. The monoisotopic (exact) mass is 212 g/mol. The number of likely N-dealkylation sites (N-methyl/N-ethyl adjacent to an activating group) is 1. The van der Waals surface area contributed by atoms with Crippen LogP contribution in [0.1, 0.15) is 46.0 Å². The lowest BCUT2D eigenvalue weighted by Gasteiger charge is -2.37. The second-order valence-corrected chi connectivity index (χ2v) is 5.31. The summed E-state index contributed by atoms with van der Waals surface area (Å²) < 4.78 is 0. The number of nitrogens with zero attached hydrogens (tertiary/aromatic N) is 1. The van der Waals surface area contributed by atoms with Gasteiger partial charge in [-0.2, -0.15) is 0 Å². The van der Waals surface area contributed by atoms with E-state index in [1.54, 1.807) is 0 Å². The second-order valence-electron chi connectivity index (χ2n) is 5.31. The van der Waals surface area contributed by atoms with Gasteiger partial charge in [-0.25, -0.2) is 0 Å². The van der Waals surface area contributed by atoms with E-state index in [2.05, 4.69) is 25.8 Å². The Kier molecular flexibility index (Phi) is 5.62. The Morgan fingerprint density at radius 1 is 1.40 bits per heavy atom. The van der Waals surface area contributed by atoms with Crippen molar-refractivity contribution in [3.8, 4) is 0 Å². The Labute approximate surface area is 95.2 Å². The molecule has 1 rings (SSSR count). The Morgan fingerprint density at radius 2 is 2.07 bits per heavy atom. The summed E-state index contributed by atoms with van der Waals surface area (Å²) in [6.45, 7) is 6.68. The highest BCUT2D eigenvalue weighted by Gasteiger charge is 2.25. The van der Waals surface area contributed by atoms with E-state index in [4.69, 9.17) is 5.73 Å². The van der Waals surface area contributed by atoms with Crippen LogP contribution in [0.4, 0.5) is 0 Å². The Bertz CT molecular complexity index is 166. The van der Waals surface area contributed by atoms with E-state index in [0.29, 0.717) is 6.04 Å². The van der Waals surface area contributed by atoms with Gasteiger partial charge in [-0.15, -0.1) is 0 Å². The quantitative estimate of drug-likeness (QED) is 0.702. The van der Waals surface area contributed by atoms with E-state index in [-0.39, 0.29) is 0 Å². The predicted octanol–water partition coefficient (Wildman–Crippen LogP) is 2.48. The van der Waals surface area contributed by atoms with E-state index in [1.807, 2.05) is 0 Å². The summed E-state index contributed by atoms with van der Waals surface area (Å²) in [4.78, 5) is 2.50. The van der Waals surface area contributed by atoms with Crippen LogP contribution in [0.3, 0.4) is 0 Å². The minimum Gasteiger partial charge on any atom is -0.329 e. The summed E-state index contributed by atoms with van der Waals surface area (Å²) in [5, 5.41) is 0. The maximum atomic E-state index is 5.90. The van der Waals surface area contributed by atoms with Gasteiger partial charge in [0.25, 0.3) is 0 Å². The normalized spacial score (nSPS) is 21.4. The van der Waals surface area contributed by atoms with Gasteiger partial charge in [-0.1, -0.05) is 26.7 Å². The fourth-order valence-electron chi connectivity index (χ4n) is 2.71. The Balaban J connectivity index is 2.33. The van der Waals surface area contributed by atoms with Crippen molar-refractivity contribution in [1.82, 2.24) is 4.90 Å². The zero-order valence-electron chi connectivity index (χ0n) is 10.7. The molecule has 1 fully saturated rings. The SMILES string of the molecule is CCCC(C)C(CN)N(C)CC1CCC1. The molecular weight excluding hydrogens is 184 g/mol. The molecule has 0 bridgehead atoms. The van der Waals surface area contributed by atoms with Crippen LogP contribution >= 0.6 is 0 Å². The molecule has 0 radical (unpaired) electrons. The molecular formula is C13H28N2. The van der Waals surface area contributed by atoms with Crippen LogP contribution in [0.2, 0.25) is 0 Å². The van der Waals surface area contributed by atoms with Gasteiger partial charge in [0.2, 0.25) is 0 Å². The van der Waals surface area contributed by atoms with Crippen molar-refractivity contribution >= 4 is 0 Å². The molecule has 1 aliphatic rings. The van der Waals surface area contributed by atoms with Gasteiger partial charge in [0.05, 0.1) is 0 Å². The number of hydrogen-bond donors (Lipinski definition) is 1. The van der Waals surface area contributed by atoms with Gasteiger partial charge in [0, 0.05) is 19.1 Å². The van der Waals surface area contributed by atoms with Gasteiger partial charge >= 0.3 is 0 Å². The molecule has 2 heteroatoms. The van der Waals surface area contributed by atoms with Crippen LogP contribution in [-0.2, 0) is 0 Å². The minimum atomic E-state index is 0.588. The molecule has 90 valence electrons. The largest absolute Gasteiger partial charge is 0.329 e. The van der Waals surface area contributed by atoms with Crippen molar-refractivity contribution in [2.75, 3.05) is 20.1 Å². The zero-order chi connectivity index (χ0) is 11.3. The third-order valence-electron chi connectivity index (χ3n) is 3.98. The van der Waals surface area contributed by atoms with Crippen molar-refractivity contribution in [2.45, 2.75) is 52.0 Å². The van der Waals surface area contributed by atoms with E-state index < -0.39 is 0 Å². The molecule has 0 amide bonds. The highest BCUT2D eigenvalue weighted by molar-refractivity contribution is 4.80. The summed E-state index contributed by atoms with van der Waals surface area (Å²) in [6.07, 6.45) is 6.88. The van der Waals surface area contributed by atoms with Crippen molar-refractivity contribution < 1.29 is 0 Å². The van der Waals surface area contributed by atoms with Crippen molar-refractivity contribution in [3.63, 3.8) is 0 Å². The van der Waals surface area contributed by atoms with Crippen LogP contribution < -0.4 is 5.73 Å². The summed E-state index contributed by atoms with van der Waals surface area (Å²) in [5.41, 5.74) is 5.90. The number of nitrogens with two attached hydrogens (primary N) is 1. The Hall–Kier alpha value is -0.0800. The molecule has 2 atom stereocenters. The van der Waals surface area contributed by atoms with Crippen LogP contribution in [0.15, 0.2) is 0 Å². The molecule has 1 saturated carbocycles. The summed E-state index contributed by atoms with van der Waals surface area (Å²) in [6, 6.07) is 0.588. The van der Waals surface area contributed by atoms with Crippen molar-refractivity contribution in [2.24, 2.45) is 17.6 Å². The van der Waals surface area contributed by atoms with E-state index in [1.165, 1.54) is 38.6 Å². The zero-order valence-corrected chi connectivity index (χ0v) is 10.7. The lowest BCUT2D eigenvalue weighted by atomic mass is 9.84. The van der Waals surface area contributed by atoms with E-state index >= 15 is 0 Å². The number of rotatable bonds is 7. The molecule has 2 nitrogen and oxygen atoms in total. The molecule has 0 aliphatic heterocycles. The molecule has 0 saturated heterocycles. The van der Waals surface area contributed by atoms with Crippen LogP contribution in [0, 0.1) is 11.8 Å². The average Bonchev–Trinajstić information content (AvgIpc) is 2.13. The topological polar surface area (TPSA) is 29.3 Å². The first-order valence-electron chi connectivity index (χ1n) is 6.59. The molecule has 15 heavy (non-hydrogen) atoms. The second kappa shape index (κ2) is 6.49. The number of hydrogen-bond acceptors (Lipinski definition) is 2. The third-order valence-corrected chi connectivity index (χ3v) is 3.98. The first kappa shape index (κ1) is 13.0. The molecule has 0 aromatic rings. The molecule has 2 unspecified atom stereocenters. The minimum absolute atomic E-state index is 0.588. The van der Waals surface area contributed by atoms with Gasteiger partial charge in [0.1, 0.15) is 0 Å². The Morgan fingerprint density at radius 3 is 2.47 bits per heavy atom. The third kappa shape index (κ3) is 3.76. The maximum Gasteiger partial charge on any atom is 0.0241 e. The van der Waals surface area contributed by atoms with Crippen LogP contribution in [0.25, 0.3) is 0 Å². The van der Waals surface area contributed by atoms with Crippen LogP contribution in [-0.4, -0.2) is 31.1 Å². The molecule has 0 aromatic carbocycles. The lowest BCUT2D eigenvalue weighted by Crippen LogP contribution is -2.45. The lowest BCUT2D eigenvalue weighted by molar-refractivity contribution is 0.129. The van der Waals surface area contributed by atoms with Crippen molar-refractivity contribution in [1.29, 1.82) is 0 Å². The van der Waals surface area contributed by atoms with Crippen molar-refractivity contribution in [3.05, 3.63) is 0 Å². The van der Waals surface area contributed by atoms with Gasteiger partial charge in [0.15, 0.2) is 0 Å². The van der Waals surface area contributed by atoms with E-state index in [9.17, 15) is 0 Å².